The van der Waals surface area contributed by atoms with Gasteiger partial charge in [0.25, 0.3) is 0 Å². The summed E-state index contributed by atoms with van der Waals surface area (Å²) in [4.78, 5) is 15.1. The Bertz CT molecular complexity index is 360. The molecule has 0 radical (unpaired) electrons. The third kappa shape index (κ3) is 3.82. The zero-order chi connectivity index (χ0) is 12.3. The number of carbonyl (C=O) groups excluding carboxylic acids is 1. The molecule has 2 rings (SSSR count). The molecular formula is C13H20N2OS. The van der Waals surface area contributed by atoms with Crippen molar-refractivity contribution in [1.82, 2.24) is 10.2 Å². The van der Waals surface area contributed by atoms with Crippen molar-refractivity contribution in [2.75, 3.05) is 13.6 Å². The van der Waals surface area contributed by atoms with E-state index in [9.17, 15) is 4.79 Å². The van der Waals surface area contributed by atoms with Gasteiger partial charge in [0.15, 0.2) is 0 Å². The minimum Gasteiger partial charge on any atom is -0.350 e. The number of likely N-dealkylation sites (N-methyl/N-ethyl adjacent to an activating group) is 1. The molecule has 4 heteroatoms. The summed E-state index contributed by atoms with van der Waals surface area (Å²) < 4.78 is 0. The van der Waals surface area contributed by atoms with Crippen molar-refractivity contribution in [2.45, 2.75) is 32.4 Å². The molecule has 94 valence electrons. The van der Waals surface area contributed by atoms with Crippen molar-refractivity contribution in [3.63, 3.8) is 0 Å². The Morgan fingerprint density at radius 3 is 3.00 bits per heavy atom. The predicted octanol–water partition coefficient (Wildman–Crippen LogP) is 2.09. The third-order valence-electron chi connectivity index (χ3n) is 3.43. The van der Waals surface area contributed by atoms with E-state index in [1.54, 1.807) is 11.3 Å². The molecule has 3 nitrogen and oxygen atoms in total. The number of rotatable bonds is 6. The summed E-state index contributed by atoms with van der Waals surface area (Å²) in [7, 11) is 2.04. The fourth-order valence-electron chi connectivity index (χ4n) is 1.96. The fourth-order valence-corrected chi connectivity index (χ4v) is 2.61. The van der Waals surface area contributed by atoms with Gasteiger partial charge in [0, 0.05) is 10.9 Å². The number of hydrogen-bond acceptors (Lipinski definition) is 3. The number of thiophene rings is 1. The van der Waals surface area contributed by atoms with Crippen molar-refractivity contribution >= 4 is 17.2 Å². The predicted molar refractivity (Wildman–Crippen MR) is 71.0 cm³/mol. The van der Waals surface area contributed by atoms with E-state index < -0.39 is 0 Å². The molecule has 1 aromatic heterocycles. The highest BCUT2D eigenvalue weighted by atomic mass is 32.1. The lowest BCUT2D eigenvalue weighted by Crippen LogP contribution is -2.40. The normalized spacial score (nSPS) is 17.1. The van der Waals surface area contributed by atoms with Gasteiger partial charge in [-0.15, -0.1) is 11.3 Å². The highest BCUT2D eigenvalue weighted by Gasteiger charge is 2.30. The zero-order valence-electron chi connectivity index (χ0n) is 10.5. The van der Waals surface area contributed by atoms with Crippen molar-refractivity contribution in [3.8, 4) is 0 Å². The second-order valence-electron chi connectivity index (χ2n) is 4.85. The van der Waals surface area contributed by atoms with Crippen molar-refractivity contribution in [2.24, 2.45) is 5.92 Å². The van der Waals surface area contributed by atoms with E-state index in [0.717, 1.165) is 5.92 Å². The maximum atomic E-state index is 11.7. The molecule has 1 aliphatic carbocycles. The van der Waals surface area contributed by atoms with E-state index in [2.05, 4.69) is 17.1 Å². The number of carbonyl (C=O) groups is 1. The summed E-state index contributed by atoms with van der Waals surface area (Å²) in [6.45, 7) is 3.37. The Labute approximate surface area is 107 Å². The van der Waals surface area contributed by atoms with Crippen molar-refractivity contribution in [3.05, 3.63) is 22.4 Å². The van der Waals surface area contributed by atoms with Gasteiger partial charge in [-0.25, -0.2) is 0 Å². The zero-order valence-corrected chi connectivity index (χ0v) is 11.3. The SMILES string of the molecule is CC(C1CC1)N(C)CC(=O)NCc1cccs1. The Kier molecular flexibility index (Phi) is 4.18. The van der Waals surface area contributed by atoms with Crippen LogP contribution in [0.1, 0.15) is 24.6 Å². The summed E-state index contributed by atoms with van der Waals surface area (Å²) in [6, 6.07) is 4.58. The van der Waals surface area contributed by atoms with E-state index in [-0.39, 0.29) is 5.91 Å². The Morgan fingerprint density at radius 2 is 2.41 bits per heavy atom. The summed E-state index contributed by atoms with van der Waals surface area (Å²) in [5.74, 6) is 0.929. The summed E-state index contributed by atoms with van der Waals surface area (Å²) in [5, 5.41) is 4.99. The standard InChI is InChI=1S/C13H20N2OS/c1-10(11-5-6-11)15(2)9-13(16)14-8-12-4-3-7-17-12/h3-4,7,10-11H,5-6,8-9H2,1-2H3,(H,14,16). The van der Waals surface area contributed by atoms with Crippen LogP contribution in [0.15, 0.2) is 17.5 Å². The van der Waals surface area contributed by atoms with Crippen molar-refractivity contribution < 1.29 is 4.79 Å². The smallest absolute Gasteiger partial charge is 0.234 e. The number of amides is 1. The van der Waals surface area contributed by atoms with Gasteiger partial charge in [-0.2, -0.15) is 0 Å². The lowest BCUT2D eigenvalue weighted by Gasteiger charge is -2.23. The number of hydrogen-bond donors (Lipinski definition) is 1. The lowest BCUT2D eigenvalue weighted by molar-refractivity contribution is -0.122. The molecule has 1 N–H and O–H groups in total. The Balaban J connectivity index is 1.69. The third-order valence-corrected chi connectivity index (χ3v) is 4.31. The van der Waals surface area contributed by atoms with Crippen LogP contribution < -0.4 is 5.32 Å². The monoisotopic (exact) mass is 252 g/mol. The summed E-state index contributed by atoms with van der Waals surface area (Å²) in [6.07, 6.45) is 2.64. The van der Waals surface area contributed by atoms with Crippen LogP contribution in [0.5, 0.6) is 0 Å². The van der Waals surface area contributed by atoms with Crippen LogP contribution in [-0.4, -0.2) is 30.4 Å². The van der Waals surface area contributed by atoms with Crippen LogP contribution in [0.2, 0.25) is 0 Å². The first-order valence-electron chi connectivity index (χ1n) is 6.16. The van der Waals surface area contributed by atoms with Gasteiger partial charge in [-0.1, -0.05) is 6.07 Å². The van der Waals surface area contributed by atoms with Gasteiger partial charge in [0.05, 0.1) is 13.1 Å². The van der Waals surface area contributed by atoms with Crippen molar-refractivity contribution in [1.29, 1.82) is 0 Å². The molecular weight excluding hydrogens is 232 g/mol. The van der Waals surface area contributed by atoms with Gasteiger partial charge in [0.1, 0.15) is 0 Å². The largest absolute Gasteiger partial charge is 0.350 e. The second kappa shape index (κ2) is 5.65. The fraction of sp³-hybridized carbons (Fsp3) is 0.615. The van der Waals surface area contributed by atoms with Crippen LogP contribution in [0.25, 0.3) is 0 Å². The van der Waals surface area contributed by atoms with Crippen LogP contribution >= 0.6 is 11.3 Å². The molecule has 0 bridgehead atoms. The van der Waals surface area contributed by atoms with Gasteiger partial charge in [-0.3, -0.25) is 9.69 Å². The first-order chi connectivity index (χ1) is 8.16. The van der Waals surface area contributed by atoms with Gasteiger partial charge in [0.2, 0.25) is 5.91 Å². The van der Waals surface area contributed by atoms with Crippen LogP contribution in [-0.2, 0) is 11.3 Å². The maximum Gasteiger partial charge on any atom is 0.234 e. The molecule has 0 aromatic carbocycles. The van der Waals surface area contributed by atoms with E-state index in [4.69, 9.17) is 0 Å². The lowest BCUT2D eigenvalue weighted by atomic mass is 10.2. The molecule has 1 saturated carbocycles. The minimum absolute atomic E-state index is 0.119. The van der Waals surface area contributed by atoms with Gasteiger partial charge < -0.3 is 5.32 Å². The Hall–Kier alpha value is -0.870. The average molecular weight is 252 g/mol. The molecule has 1 aromatic rings. The van der Waals surface area contributed by atoms with Crippen LogP contribution in [0.4, 0.5) is 0 Å². The molecule has 1 fully saturated rings. The van der Waals surface area contributed by atoms with Gasteiger partial charge in [-0.05, 0) is 44.2 Å². The highest BCUT2D eigenvalue weighted by molar-refractivity contribution is 7.09. The minimum atomic E-state index is 0.119. The van der Waals surface area contributed by atoms with Gasteiger partial charge >= 0.3 is 0 Å². The molecule has 1 unspecified atom stereocenters. The number of nitrogens with zero attached hydrogens (tertiary/aromatic N) is 1. The molecule has 1 aliphatic rings. The first kappa shape index (κ1) is 12.6. The quantitative estimate of drug-likeness (QED) is 0.841. The Morgan fingerprint density at radius 1 is 1.65 bits per heavy atom. The average Bonchev–Trinajstić information content (AvgIpc) is 3.02. The molecule has 0 saturated heterocycles. The number of nitrogens with one attached hydrogen (secondary N) is 1. The van der Waals surface area contributed by atoms with E-state index in [0.29, 0.717) is 19.1 Å². The highest BCUT2D eigenvalue weighted by Crippen LogP contribution is 2.34. The first-order valence-corrected chi connectivity index (χ1v) is 7.04. The van der Waals surface area contributed by atoms with E-state index >= 15 is 0 Å². The van der Waals surface area contributed by atoms with Crippen LogP contribution in [0, 0.1) is 5.92 Å². The molecule has 1 atom stereocenters. The molecule has 1 heterocycles. The molecule has 0 spiro atoms. The topological polar surface area (TPSA) is 32.3 Å². The second-order valence-corrected chi connectivity index (χ2v) is 5.88. The van der Waals surface area contributed by atoms with Crippen LogP contribution in [0.3, 0.4) is 0 Å². The molecule has 1 amide bonds. The van der Waals surface area contributed by atoms with E-state index in [1.807, 2.05) is 24.6 Å². The maximum absolute atomic E-state index is 11.7. The molecule has 17 heavy (non-hydrogen) atoms. The summed E-state index contributed by atoms with van der Waals surface area (Å²) >= 11 is 1.68. The summed E-state index contributed by atoms with van der Waals surface area (Å²) in [5.41, 5.74) is 0. The molecule has 0 aliphatic heterocycles. The van der Waals surface area contributed by atoms with E-state index in [1.165, 1.54) is 17.7 Å².